The van der Waals surface area contributed by atoms with Gasteiger partial charge in [0, 0.05) is 11.8 Å². The maximum Gasteiger partial charge on any atom is 0.326 e. The SMILES string of the molecule is Cc1cccc(C(C)C)c1NC(=O)Nc1ccno1. The minimum atomic E-state index is -0.340. The Bertz CT molecular complexity index is 562. The number of benzene rings is 1. The number of nitrogens with one attached hydrogen (secondary N) is 2. The second-order valence-corrected chi connectivity index (χ2v) is 4.65. The van der Waals surface area contributed by atoms with Crippen molar-refractivity contribution in [2.75, 3.05) is 10.6 Å². The molecule has 0 aliphatic heterocycles. The first-order chi connectivity index (χ1) is 9.08. The lowest BCUT2D eigenvalue weighted by molar-refractivity contribution is 0.261. The summed E-state index contributed by atoms with van der Waals surface area (Å²) in [7, 11) is 0. The third kappa shape index (κ3) is 3.13. The minimum Gasteiger partial charge on any atom is -0.338 e. The normalized spacial score (nSPS) is 10.5. The molecule has 1 aromatic heterocycles. The largest absolute Gasteiger partial charge is 0.338 e. The number of nitrogens with zero attached hydrogens (tertiary/aromatic N) is 1. The van der Waals surface area contributed by atoms with Crippen LogP contribution in [0.5, 0.6) is 0 Å². The summed E-state index contributed by atoms with van der Waals surface area (Å²) in [6.45, 7) is 6.15. The van der Waals surface area contributed by atoms with Gasteiger partial charge in [-0.3, -0.25) is 5.32 Å². The standard InChI is InChI=1S/C14H17N3O2/c1-9(2)11-6-4-5-10(3)13(11)17-14(18)16-12-7-8-15-19-12/h4-9H,1-3H3,(H2,16,17,18). The van der Waals surface area contributed by atoms with Gasteiger partial charge in [0.25, 0.3) is 0 Å². The van der Waals surface area contributed by atoms with E-state index >= 15 is 0 Å². The Labute approximate surface area is 112 Å². The fourth-order valence-electron chi connectivity index (χ4n) is 1.88. The van der Waals surface area contributed by atoms with Gasteiger partial charge in [-0.1, -0.05) is 37.2 Å². The quantitative estimate of drug-likeness (QED) is 0.882. The van der Waals surface area contributed by atoms with Crippen molar-refractivity contribution in [2.45, 2.75) is 26.7 Å². The fourth-order valence-corrected chi connectivity index (χ4v) is 1.88. The highest BCUT2D eigenvalue weighted by Gasteiger charge is 2.12. The molecular weight excluding hydrogens is 242 g/mol. The number of urea groups is 1. The number of hydrogen-bond donors (Lipinski definition) is 2. The van der Waals surface area contributed by atoms with E-state index < -0.39 is 0 Å². The Hall–Kier alpha value is -2.30. The summed E-state index contributed by atoms with van der Waals surface area (Å²) in [4.78, 5) is 11.9. The number of carbonyl (C=O) groups is 1. The Morgan fingerprint density at radius 2 is 2.05 bits per heavy atom. The second-order valence-electron chi connectivity index (χ2n) is 4.65. The summed E-state index contributed by atoms with van der Waals surface area (Å²) in [5, 5.41) is 8.97. The van der Waals surface area contributed by atoms with Crippen molar-refractivity contribution < 1.29 is 9.32 Å². The number of hydrogen-bond acceptors (Lipinski definition) is 3. The van der Waals surface area contributed by atoms with Crippen LogP contribution >= 0.6 is 0 Å². The van der Waals surface area contributed by atoms with Crippen molar-refractivity contribution in [1.82, 2.24) is 5.16 Å². The van der Waals surface area contributed by atoms with E-state index in [4.69, 9.17) is 4.52 Å². The van der Waals surface area contributed by atoms with Gasteiger partial charge in [-0.05, 0) is 24.0 Å². The number of aryl methyl sites for hydroxylation is 1. The summed E-state index contributed by atoms with van der Waals surface area (Å²) in [5.74, 6) is 0.651. The van der Waals surface area contributed by atoms with Crippen LogP contribution in [0.25, 0.3) is 0 Å². The van der Waals surface area contributed by atoms with E-state index in [0.29, 0.717) is 11.8 Å². The van der Waals surface area contributed by atoms with Crippen LogP contribution in [0, 0.1) is 6.92 Å². The molecule has 0 radical (unpaired) electrons. The molecule has 0 aliphatic rings. The smallest absolute Gasteiger partial charge is 0.326 e. The number of para-hydroxylation sites is 1. The van der Waals surface area contributed by atoms with Crippen LogP contribution in [0.3, 0.4) is 0 Å². The number of amides is 2. The van der Waals surface area contributed by atoms with Gasteiger partial charge in [0.2, 0.25) is 5.88 Å². The first-order valence-electron chi connectivity index (χ1n) is 6.16. The molecule has 0 unspecified atom stereocenters. The molecule has 0 bridgehead atoms. The lowest BCUT2D eigenvalue weighted by Crippen LogP contribution is -2.20. The van der Waals surface area contributed by atoms with E-state index in [1.807, 2.05) is 25.1 Å². The molecule has 1 aromatic carbocycles. The van der Waals surface area contributed by atoms with Crippen LogP contribution in [0.1, 0.15) is 30.9 Å². The topological polar surface area (TPSA) is 67.2 Å². The van der Waals surface area contributed by atoms with Crippen molar-refractivity contribution in [2.24, 2.45) is 0 Å². The van der Waals surface area contributed by atoms with Gasteiger partial charge in [-0.2, -0.15) is 0 Å². The van der Waals surface area contributed by atoms with Crippen LogP contribution in [0.4, 0.5) is 16.4 Å². The molecule has 2 amide bonds. The molecule has 0 saturated carbocycles. The molecule has 5 nitrogen and oxygen atoms in total. The number of rotatable bonds is 3. The molecule has 100 valence electrons. The first kappa shape index (κ1) is 13.1. The Kier molecular flexibility index (Phi) is 3.85. The molecule has 2 aromatic rings. The zero-order valence-electron chi connectivity index (χ0n) is 11.2. The molecule has 0 aliphatic carbocycles. The minimum absolute atomic E-state index is 0.317. The van der Waals surface area contributed by atoms with E-state index in [0.717, 1.165) is 16.8 Å². The highest BCUT2D eigenvalue weighted by Crippen LogP contribution is 2.27. The van der Waals surface area contributed by atoms with Gasteiger partial charge in [0.05, 0.1) is 6.20 Å². The Morgan fingerprint density at radius 3 is 2.68 bits per heavy atom. The molecule has 1 heterocycles. The highest BCUT2D eigenvalue weighted by molar-refractivity contribution is 5.99. The van der Waals surface area contributed by atoms with E-state index in [9.17, 15) is 4.79 Å². The van der Waals surface area contributed by atoms with Gasteiger partial charge in [-0.25, -0.2) is 4.79 Å². The van der Waals surface area contributed by atoms with Gasteiger partial charge >= 0.3 is 6.03 Å². The first-order valence-corrected chi connectivity index (χ1v) is 6.16. The average molecular weight is 259 g/mol. The predicted molar refractivity (Wildman–Crippen MR) is 74.4 cm³/mol. The van der Waals surface area contributed by atoms with Crippen LogP contribution in [0.2, 0.25) is 0 Å². The third-order valence-corrected chi connectivity index (χ3v) is 2.84. The highest BCUT2D eigenvalue weighted by atomic mass is 16.5. The molecule has 0 saturated heterocycles. The lowest BCUT2D eigenvalue weighted by Gasteiger charge is -2.16. The molecule has 0 atom stereocenters. The van der Waals surface area contributed by atoms with Crippen molar-refractivity contribution in [3.63, 3.8) is 0 Å². The Morgan fingerprint density at radius 1 is 1.26 bits per heavy atom. The monoisotopic (exact) mass is 259 g/mol. The van der Waals surface area contributed by atoms with Gasteiger partial charge < -0.3 is 9.84 Å². The van der Waals surface area contributed by atoms with E-state index in [1.165, 1.54) is 6.20 Å². The van der Waals surface area contributed by atoms with Crippen molar-refractivity contribution in [3.8, 4) is 0 Å². The molecule has 2 N–H and O–H groups in total. The number of aromatic nitrogens is 1. The van der Waals surface area contributed by atoms with E-state index in [2.05, 4.69) is 29.6 Å². The summed E-state index contributed by atoms with van der Waals surface area (Å²) in [5.41, 5.74) is 2.97. The van der Waals surface area contributed by atoms with E-state index in [-0.39, 0.29) is 6.03 Å². The fraction of sp³-hybridized carbons (Fsp3) is 0.286. The van der Waals surface area contributed by atoms with Crippen LogP contribution < -0.4 is 10.6 Å². The zero-order chi connectivity index (χ0) is 13.8. The summed E-state index contributed by atoms with van der Waals surface area (Å²) < 4.78 is 4.83. The second kappa shape index (κ2) is 5.56. The van der Waals surface area contributed by atoms with Crippen molar-refractivity contribution >= 4 is 17.6 Å². The Balaban J connectivity index is 2.16. The summed E-state index contributed by atoms with van der Waals surface area (Å²) in [6.07, 6.45) is 1.48. The molecule has 0 spiro atoms. The summed E-state index contributed by atoms with van der Waals surface area (Å²) in [6, 6.07) is 7.22. The van der Waals surface area contributed by atoms with E-state index in [1.54, 1.807) is 6.07 Å². The lowest BCUT2D eigenvalue weighted by atomic mass is 9.98. The van der Waals surface area contributed by atoms with Crippen molar-refractivity contribution in [1.29, 1.82) is 0 Å². The van der Waals surface area contributed by atoms with Gasteiger partial charge in [-0.15, -0.1) is 0 Å². The maximum absolute atomic E-state index is 11.9. The van der Waals surface area contributed by atoms with Crippen LogP contribution in [-0.2, 0) is 0 Å². The molecular formula is C14H17N3O2. The number of carbonyl (C=O) groups excluding carboxylic acids is 1. The van der Waals surface area contributed by atoms with Gasteiger partial charge in [0.1, 0.15) is 0 Å². The molecule has 2 rings (SSSR count). The van der Waals surface area contributed by atoms with Crippen LogP contribution in [0.15, 0.2) is 35.0 Å². The zero-order valence-corrected chi connectivity index (χ0v) is 11.2. The predicted octanol–water partition coefficient (Wildman–Crippen LogP) is 3.75. The van der Waals surface area contributed by atoms with Crippen molar-refractivity contribution in [3.05, 3.63) is 41.6 Å². The average Bonchev–Trinajstić information content (AvgIpc) is 2.84. The van der Waals surface area contributed by atoms with Gasteiger partial charge in [0.15, 0.2) is 0 Å². The number of anilines is 2. The molecule has 0 fully saturated rings. The molecule has 5 heteroatoms. The van der Waals surface area contributed by atoms with Crippen LogP contribution in [-0.4, -0.2) is 11.2 Å². The third-order valence-electron chi connectivity index (χ3n) is 2.84. The molecule has 19 heavy (non-hydrogen) atoms. The summed E-state index contributed by atoms with van der Waals surface area (Å²) >= 11 is 0. The maximum atomic E-state index is 11.9.